The molecule has 0 saturated heterocycles. The maximum absolute atomic E-state index is 5.69. The van der Waals surface area contributed by atoms with Crippen molar-refractivity contribution in [3.8, 4) is 0 Å². The molecular weight excluding hydrogens is 224 g/mol. The van der Waals surface area contributed by atoms with E-state index in [0.29, 0.717) is 11.6 Å². The van der Waals surface area contributed by atoms with E-state index in [2.05, 4.69) is 20.2 Å². The van der Waals surface area contributed by atoms with E-state index in [1.165, 1.54) is 11.8 Å². The van der Waals surface area contributed by atoms with Gasteiger partial charge in [0.05, 0.1) is 5.75 Å². The molecule has 16 heavy (non-hydrogen) atoms. The van der Waals surface area contributed by atoms with Crippen molar-refractivity contribution in [1.82, 2.24) is 24.7 Å². The van der Waals surface area contributed by atoms with Gasteiger partial charge < -0.3 is 10.3 Å². The van der Waals surface area contributed by atoms with Crippen molar-refractivity contribution >= 4 is 17.6 Å². The number of thioether (sulfide) groups is 1. The monoisotopic (exact) mass is 236 g/mol. The third-order valence-electron chi connectivity index (χ3n) is 2.21. The van der Waals surface area contributed by atoms with Crippen LogP contribution in [0.15, 0.2) is 17.4 Å². The van der Waals surface area contributed by atoms with Crippen LogP contribution >= 0.6 is 11.8 Å². The van der Waals surface area contributed by atoms with E-state index in [1.54, 1.807) is 12.4 Å². The minimum Gasteiger partial charge on any atom is -0.381 e. The lowest BCUT2D eigenvalue weighted by Gasteiger charge is -2.02. The second-order valence-electron chi connectivity index (χ2n) is 3.26. The van der Waals surface area contributed by atoms with Crippen LogP contribution in [0, 0.1) is 6.92 Å². The summed E-state index contributed by atoms with van der Waals surface area (Å²) in [5.41, 5.74) is 5.69. The molecule has 0 atom stereocenters. The molecule has 2 aromatic rings. The highest BCUT2D eigenvalue weighted by molar-refractivity contribution is 7.98. The van der Waals surface area contributed by atoms with Crippen LogP contribution < -0.4 is 5.73 Å². The number of aromatic nitrogens is 5. The van der Waals surface area contributed by atoms with E-state index in [9.17, 15) is 0 Å². The first-order valence-electron chi connectivity index (χ1n) is 4.72. The lowest BCUT2D eigenvalue weighted by Crippen LogP contribution is -1.99. The summed E-state index contributed by atoms with van der Waals surface area (Å²) in [5.74, 6) is 2.92. The number of nitrogen functional groups attached to an aromatic ring is 1. The summed E-state index contributed by atoms with van der Waals surface area (Å²) in [5, 5.41) is 8.77. The Balaban J connectivity index is 2.08. The molecule has 6 nitrogen and oxygen atoms in total. The highest BCUT2D eigenvalue weighted by Crippen LogP contribution is 2.23. The van der Waals surface area contributed by atoms with E-state index in [0.717, 1.165) is 16.7 Å². The molecule has 0 spiro atoms. The minimum atomic E-state index is 0.450. The number of rotatable bonds is 3. The molecule has 0 aliphatic heterocycles. The third-order valence-corrected chi connectivity index (χ3v) is 3.20. The predicted molar refractivity (Wildman–Crippen MR) is 61.7 cm³/mol. The molecule has 0 fully saturated rings. The molecular formula is C9H12N6S. The van der Waals surface area contributed by atoms with Gasteiger partial charge in [-0.1, -0.05) is 11.8 Å². The number of hydrogen-bond acceptors (Lipinski definition) is 6. The summed E-state index contributed by atoms with van der Waals surface area (Å²) in [7, 11) is 1.94. The van der Waals surface area contributed by atoms with Crippen LogP contribution in [-0.4, -0.2) is 24.7 Å². The highest BCUT2D eigenvalue weighted by atomic mass is 32.2. The largest absolute Gasteiger partial charge is 0.381 e. The first kappa shape index (κ1) is 10.9. The van der Waals surface area contributed by atoms with Crippen molar-refractivity contribution in [2.75, 3.05) is 5.73 Å². The summed E-state index contributed by atoms with van der Waals surface area (Å²) in [6.07, 6.45) is 3.20. The standard InChI is InChI=1S/C9H12N6S/c1-6-13-14-7(15(6)2)5-16-9-8(10)11-3-4-12-9/h3-4H,5H2,1-2H3,(H2,10,11). The molecule has 7 heteroatoms. The van der Waals surface area contributed by atoms with Crippen molar-refractivity contribution in [2.24, 2.45) is 7.05 Å². The first-order chi connectivity index (χ1) is 7.68. The molecule has 0 saturated carbocycles. The summed E-state index contributed by atoms with van der Waals surface area (Å²) < 4.78 is 1.94. The fourth-order valence-corrected chi connectivity index (χ4v) is 2.01. The van der Waals surface area contributed by atoms with Gasteiger partial charge in [-0.25, -0.2) is 9.97 Å². The van der Waals surface area contributed by atoms with Gasteiger partial charge in [0.1, 0.15) is 16.7 Å². The Kier molecular flexibility index (Phi) is 3.04. The van der Waals surface area contributed by atoms with Gasteiger partial charge in [-0.05, 0) is 6.92 Å². The molecule has 2 heterocycles. The number of nitrogens with two attached hydrogens (primary N) is 1. The van der Waals surface area contributed by atoms with Crippen molar-refractivity contribution in [2.45, 2.75) is 17.7 Å². The van der Waals surface area contributed by atoms with Gasteiger partial charge in [0.2, 0.25) is 0 Å². The zero-order valence-corrected chi connectivity index (χ0v) is 9.90. The van der Waals surface area contributed by atoms with E-state index in [1.807, 2.05) is 18.5 Å². The van der Waals surface area contributed by atoms with E-state index in [-0.39, 0.29) is 0 Å². The van der Waals surface area contributed by atoms with E-state index < -0.39 is 0 Å². The molecule has 0 aliphatic rings. The second-order valence-corrected chi connectivity index (χ2v) is 4.22. The maximum Gasteiger partial charge on any atom is 0.156 e. The number of aryl methyl sites for hydroxylation is 1. The van der Waals surface area contributed by atoms with Gasteiger partial charge in [-0.3, -0.25) is 0 Å². The molecule has 2 rings (SSSR count). The van der Waals surface area contributed by atoms with Gasteiger partial charge >= 0.3 is 0 Å². The molecule has 84 valence electrons. The van der Waals surface area contributed by atoms with Crippen LogP contribution in [0.25, 0.3) is 0 Å². The fourth-order valence-electron chi connectivity index (χ4n) is 1.16. The van der Waals surface area contributed by atoms with Gasteiger partial charge in [0.25, 0.3) is 0 Å². The minimum absolute atomic E-state index is 0.450. The average molecular weight is 236 g/mol. The van der Waals surface area contributed by atoms with Gasteiger partial charge in [-0.15, -0.1) is 10.2 Å². The number of hydrogen-bond donors (Lipinski definition) is 1. The van der Waals surface area contributed by atoms with Crippen molar-refractivity contribution < 1.29 is 0 Å². The molecule has 0 radical (unpaired) electrons. The highest BCUT2D eigenvalue weighted by Gasteiger charge is 2.07. The van der Waals surface area contributed by atoms with E-state index in [4.69, 9.17) is 5.73 Å². The molecule has 0 unspecified atom stereocenters. The smallest absolute Gasteiger partial charge is 0.156 e. The van der Waals surface area contributed by atoms with Crippen molar-refractivity contribution in [1.29, 1.82) is 0 Å². The summed E-state index contributed by atoms with van der Waals surface area (Å²) in [4.78, 5) is 8.12. The van der Waals surface area contributed by atoms with Crippen LogP contribution in [0.4, 0.5) is 5.82 Å². The zero-order chi connectivity index (χ0) is 11.5. The van der Waals surface area contributed by atoms with Crippen LogP contribution in [0.3, 0.4) is 0 Å². The Hall–Kier alpha value is -1.63. The van der Waals surface area contributed by atoms with Gasteiger partial charge in [-0.2, -0.15) is 0 Å². The first-order valence-corrected chi connectivity index (χ1v) is 5.71. The topological polar surface area (TPSA) is 82.5 Å². The maximum atomic E-state index is 5.69. The third kappa shape index (κ3) is 2.13. The van der Waals surface area contributed by atoms with Gasteiger partial charge in [0.15, 0.2) is 5.82 Å². The SMILES string of the molecule is Cc1nnc(CSc2nccnc2N)n1C. The lowest BCUT2D eigenvalue weighted by molar-refractivity contribution is 0.816. The Bertz CT molecular complexity index is 494. The molecule has 0 aliphatic carbocycles. The molecule has 2 aromatic heterocycles. The second kappa shape index (κ2) is 4.48. The molecule has 2 N–H and O–H groups in total. The Morgan fingerprint density at radius 2 is 2.06 bits per heavy atom. The zero-order valence-electron chi connectivity index (χ0n) is 9.08. The molecule has 0 bridgehead atoms. The normalized spacial score (nSPS) is 10.6. The number of nitrogens with zero attached hydrogens (tertiary/aromatic N) is 5. The Morgan fingerprint density at radius 1 is 1.31 bits per heavy atom. The van der Waals surface area contributed by atoms with Crippen LogP contribution in [0.1, 0.15) is 11.6 Å². The Morgan fingerprint density at radius 3 is 2.69 bits per heavy atom. The van der Waals surface area contributed by atoms with Crippen LogP contribution in [-0.2, 0) is 12.8 Å². The summed E-state index contributed by atoms with van der Waals surface area (Å²) in [6, 6.07) is 0. The molecule has 0 aromatic carbocycles. The van der Waals surface area contributed by atoms with E-state index >= 15 is 0 Å². The quantitative estimate of drug-likeness (QED) is 0.793. The fraction of sp³-hybridized carbons (Fsp3) is 0.333. The number of anilines is 1. The van der Waals surface area contributed by atoms with Crippen LogP contribution in [0.5, 0.6) is 0 Å². The average Bonchev–Trinajstić information content (AvgIpc) is 2.59. The van der Waals surface area contributed by atoms with Crippen LogP contribution in [0.2, 0.25) is 0 Å². The van der Waals surface area contributed by atoms with Gasteiger partial charge in [0, 0.05) is 19.4 Å². The Labute approximate surface area is 97.3 Å². The molecule has 0 amide bonds. The van der Waals surface area contributed by atoms with Crippen molar-refractivity contribution in [3.05, 3.63) is 24.0 Å². The predicted octanol–water partition coefficient (Wildman–Crippen LogP) is 0.788. The summed E-state index contributed by atoms with van der Waals surface area (Å²) in [6.45, 7) is 1.91. The summed E-state index contributed by atoms with van der Waals surface area (Å²) >= 11 is 1.51. The van der Waals surface area contributed by atoms with Crippen molar-refractivity contribution in [3.63, 3.8) is 0 Å². The lowest BCUT2D eigenvalue weighted by atomic mass is 10.6.